The number of anilines is 1. The molecule has 0 aliphatic carbocycles. The number of nitrogens with one attached hydrogen (secondary N) is 3. The minimum absolute atomic E-state index is 0.338. The van der Waals surface area contributed by atoms with Crippen LogP contribution in [0.1, 0.15) is 24.1 Å². The van der Waals surface area contributed by atoms with E-state index in [-0.39, 0.29) is 0 Å². The quantitative estimate of drug-likeness (QED) is 0.531. The maximum atomic E-state index is 13.2. The second-order valence-electron chi connectivity index (χ2n) is 7.34. The Kier molecular flexibility index (Phi) is 6.17. The van der Waals surface area contributed by atoms with Crippen molar-refractivity contribution in [2.24, 2.45) is 0 Å². The first-order valence-electron chi connectivity index (χ1n) is 10.1. The Morgan fingerprint density at radius 1 is 1.00 bits per heavy atom. The summed E-state index contributed by atoms with van der Waals surface area (Å²) in [5.74, 6) is -0.250. The maximum absolute atomic E-state index is 13.2. The number of para-hydroxylation sites is 1. The van der Waals surface area contributed by atoms with E-state index in [1.54, 1.807) is 13.0 Å². The summed E-state index contributed by atoms with van der Waals surface area (Å²) in [5, 5.41) is 8.23. The van der Waals surface area contributed by atoms with E-state index in [4.69, 9.17) is 4.74 Å². The van der Waals surface area contributed by atoms with Crippen LogP contribution >= 0.6 is 0 Å². The van der Waals surface area contributed by atoms with Gasteiger partial charge in [0.25, 0.3) is 5.91 Å². The second kappa shape index (κ2) is 9.34. The van der Waals surface area contributed by atoms with Gasteiger partial charge in [0.15, 0.2) is 0 Å². The van der Waals surface area contributed by atoms with E-state index in [0.717, 1.165) is 5.56 Å². The van der Waals surface area contributed by atoms with E-state index in [2.05, 4.69) is 16.0 Å². The van der Waals surface area contributed by atoms with Crippen LogP contribution in [0, 0.1) is 5.82 Å². The summed E-state index contributed by atoms with van der Waals surface area (Å²) in [6.45, 7) is 2.01. The van der Waals surface area contributed by atoms with Crippen LogP contribution in [0.25, 0.3) is 0 Å². The molecule has 6 nitrogen and oxygen atoms in total. The number of carbonyl (C=O) groups excluding carboxylic acids is 2. The predicted molar refractivity (Wildman–Crippen MR) is 119 cm³/mol. The minimum Gasteiger partial charge on any atom is -0.489 e. The number of benzene rings is 3. The van der Waals surface area contributed by atoms with Gasteiger partial charge in [-0.3, -0.25) is 4.79 Å². The molecule has 3 N–H and O–H groups in total. The Hall–Kier alpha value is -4.13. The highest BCUT2D eigenvalue weighted by atomic mass is 19.1. The van der Waals surface area contributed by atoms with Crippen molar-refractivity contribution in [3.05, 3.63) is 107 Å². The molecule has 1 aliphatic rings. The average molecular weight is 431 g/mol. The molecule has 1 aliphatic heterocycles. The lowest BCUT2D eigenvalue weighted by Crippen LogP contribution is -2.46. The van der Waals surface area contributed by atoms with Gasteiger partial charge in [-0.1, -0.05) is 48.5 Å². The van der Waals surface area contributed by atoms with Crippen molar-refractivity contribution < 1.29 is 18.7 Å². The molecule has 162 valence electrons. The van der Waals surface area contributed by atoms with Crippen LogP contribution in [0.2, 0.25) is 0 Å². The number of halogens is 1. The Bertz CT molecular complexity index is 1160. The van der Waals surface area contributed by atoms with E-state index in [1.165, 1.54) is 24.3 Å². The number of allylic oxidation sites excluding steroid dienone is 1. The van der Waals surface area contributed by atoms with E-state index in [9.17, 15) is 14.0 Å². The first-order chi connectivity index (χ1) is 15.5. The van der Waals surface area contributed by atoms with Crippen molar-refractivity contribution in [2.45, 2.75) is 19.6 Å². The van der Waals surface area contributed by atoms with E-state index in [1.807, 2.05) is 48.5 Å². The fourth-order valence-corrected chi connectivity index (χ4v) is 3.55. The van der Waals surface area contributed by atoms with Gasteiger partial charge in [0.2, 0.25) is 0 Å². The number of rotatable bonds is 6. The van der Waals surface area contributed by atoms with Gasteiger partial charge in [-0.05, 0) is 42.8 Å². The Morgan fingerprint density at radius 3 is 2.44 bits per heavy atom. The second-order valence-corrected chi connectivity index (χ2v) is 7.34. The molecule has 1 heterocycles. The smallest absolute Gasteiger partial charge is 0.319 e. The van der Waals surface area contributed by atoms with Gasteiger partial charge in [0.05, 0.1) is 11.6 Å². The molecular formula is C25H22FN3O3. The average Bonchev–Trinajstić information content (AvgIpc) is 2.79. The molecule has 7 heteroatoms. The third-order valence-electron chi connectivity index (χ3n) is 5.08. The lowest BCUT2D eigenvalue weighted by Gasteiger charge is -2.29. The third-order valence-corrected chi connectivity index (χ3v) is 5.08. The molecule has 3 aromatic carbocycles. The van der Waals surface area contributed by atoms with Crippen LogP contribution in [-0.2, 0) is 11.4 Å². The Balaban J connectivity index is 1.63. The van der Waals surface area contributed by atoms with Gasteiger partial charge in [0.1, 0.15) is 18.2 Å². The highest BCUT2D eigenvalue weighted by Crippen LogP contribution is 2.34. The summed E-state index contributed by atoms with van der Waals surface area (Å²) in [4.78, 5) is 25.4. The zero-order valence-corrected chi connectivity index (χ0v) is 17.4. The van der Waals surface area contributed by atoms with Crippen LogP contribution in [0.4, 0.5) is 14.9 Å². The molecule has 4 rings (SSSR count). The van der Waals surface area contributed by atoms with Crippen LogP contribution in [0.3, 0.4) is 0 Å². The summed E-state index contributed by atoms with van der Waals surface area (Å²) >= 11 is 0. The fraction of sp³-hybridized carbons (Fsp3) is 0.120. The van der Waals surface area contributed by atoms with E-state index in [0.29, 0.717) is 34.9 Å². The van der Waals surface area contributed by atoms with E-state index < -0.39 is 23.8 Å². The SMILES string of the molecule is CC1=C(C(=O)Nc2ccc(F)cc2)[C@@H](c2ccccc2OCc2ccccc2)NC(=O)N1. The maximum Gasteiger partial charge on any atom is 0.319 e. The largest absolute Gasteiger partial charge is 0.489 e. The lowest BCUT2D eigenvalue weighted by molar-refractivity contribution is -0.113. The summed E-state index contributed by atoms with van der Waals surface area (Å²) in [6.07, 6.45) is 0. The van der Waals surface area contributed by atoms with Crippen molar-refractivity contribution in [2.75, 3.05) is 5.32 Å². The molecule has 0 fully saturated rings. The number of urea groups is 1. The van der Waals surface area contributed by atoms with Gasteiger partial charge < -0.3 is 20.7 Å². The molecule has 0 bridgehead atoms. The third kappa shape index (κ3) is 4.78. The molecule has 0 radical (unpaired) electrons. The number of hydrogen-bond donors (Lipinski definition) is 3. The molecule has 3 amide bonds. The van der Waals surface area contributed by atoms with Crippen molar-refractivity contribution in [3.8, 4) is 5.75 Å². The zero-order valence-electron chi connectivity index (χ0n) is 17.4. The molecule has 3 aromatic rings. The Morgan fingerprint density at radius 2 is 1.69 bits per heavy atom. The summed E-state index contributed by atoms with van der Waals surface area (Å²) in [7, 11) is 0. The molecule has 0 unspecified atom stereocenters. The van der Waals surface area contributed by atoms with Gasteiger partial charge >= 0.3 is 6.03 Å². The molecule has 1 atom stereocenters. The van der Waals surface area contributed by atoms with Crippen molar-refractivity contribution >= 4 is 17.6 Å². The Labute approximate surface area is 185 Å². The normalized spacial score (nSPS) is 15.6. The molecule has 0 saturated carbocycles. The van der Waals surface area contributed by atoms with Crippen molar-refractivity contribution in [1.82, 2.24) is 10.6 Å². The van der Waals surface area contributed by atoms with Crippen LogP contribution in [0.5, 0.6) is 5.75 Å². The highest BCUT2D eigenvalue weighted by Gasteiger charge is 2.33. The number of hydrogen-bond acceptors (Lipinski definition) is 3. The van der Waals surface area contributed by atoms with Crippen molar-refractivity contribution in [1.29, 1.82) is 0 Å². The van der Waals surface area contributed by atoms with E-state index >= 15 is 0 Å². The van der Waals surface area contributed by atoms with Gasteiger partial charge in [-0.15, -0.1) is 0 Å². The van der Waals surface area contributed by atoms with Gasteiger partial charge in [0, 0.05) is 16.9 Å². The lowest BCUT2D eigenvalue weighted by atomic mass is 9.94. The topological polar surface area (TPSA) is 79.5 Å². The summed E-state index contributed by atoms with van der Waals surface area (Å²) < 4.78 is 19.3. The van der Waals surface area contributed by atoms with Gasteiger partial charge in [-0.2, -0.15) is 0 Å². The van der Waals surface area contributed by atoms with Crippen LogP contribution < -0.4 is 20.7 Å². The molecule has 0 saturated heterocycles. The first-order valence-corrected chi connectivity index (χ1v) is 10.1. The highest BCUT2D eigenvalue weighted by molar-refractivity contribution is 6.06. The molecular weight excluding hydrogens is 409 g/mol. The monoisotopic (exact) mass is 431 g/mol. The summed E-state index contributed by atoms with van der Waals surface area (Å²) in [5.41, 5.74) is 2.86. The summed E-state index contributed by atoms with van der Waals surface area (Å²) in [6, 6.07) is 21.3. The standard InChI is InChI=1S/C25H22FN3O3/c1-16-22(24(30)28-19-13-11-18(26)12-14-19)23(29-25(31)27-16)20-9-5-6-10-21(20)32-15-17-7-3-2-4-8-17/h2-14,23H,15H2,1H3,(H,28,30)(H2,27,29,31)/t23-/m1/s1. The molecule has 32 heavy (non-hydrogen) atoms. The first kappa shape index (κ1) is 21.1. The number of ether oxygens (including phenoxy) is 1. The molecule has 0 spiro atoms. The molecule has 0 aromatic heterocycles. The number of amides is 3. The van der Waals surface area contributed by atoms with Crippen LogP contribution in [-0.4, -0.2) is 11.9 Å². The zero-order chi connectivity index (χ0) is 22.5. The predicted octanol–water partition coefficient (Wildman–Crippen LogP) is 4.67. The van der Waals surface area contributed by atoms with Gasteiger partial charge in [-0.25, -0.2) is 9.18 Å². The minimum atomic E-state index is -0.726. The fourth-order valence-electron chi connectivity index (χ4n) is 3.55. The van der Waals surface area contributed by atoms with Crippen LogP contribution in [0.15, 0.2) is 90.1 Å². The van der Waals surface area contributed by atoms with Crippen molar-refractivity contribution in [3.63, 3.8) is 0 Å². The number of carbonyl (C=O) groups is 2.